The summed E-state index contributed by atoms with van der Waals surface area (Å²) < 4.78 is 27.4. The van der Waals surface area contributed by atoms with E-state index in [0.29, 0.717) is 22.6 Å². The molecule has 0 fully saturated rings. The molecule has 20 heavy (non-hydrogen) atoms. The summed E-state index contributed by atoms with van der Waals surface area (Å²) in [6.07, 6.45) is 1.61. The standard InChI is InChI=1S/C14H17N3O2S/c1-9-4-5-13(16-8-9)17-20(18,19)14-10(2)6-12(15)7-11(14)3/h4-8H,15H2,1-3H3,(H,16,17). The van der Waals surface area contributed by atoms with Crippen molar-refractivity contribution in [3.05, 3.63) is 47.2 Å². The number of nitrogens with two attached hydrogens (primary N) is 1. The van der Waals surface area contributed by atoms with Gasteiger partial charge in [-0.2, -0.15) is 0 Å². The Balaban J connectivity index is 2.43. The second-order valence-corrected chi connectivity index (χ2v) is 6.43. The topological polar surface area (TPSA) is 85.1 Å². The third-order valence-electron chi connectivity index (χ3n) is 2.90. The molecule has 0 saturated carbocycles. The van der Waals surface area contributed by atoms with Crippen molar-refractivity contribution in [1.82, 2.24) is 4.98 Å². The highest BCUT2D eigenvalue weighted by molar-refractivity contribution is 7.92. The van der Waals surface area contributed by atoms with Crippen LogP contribution in [0.4, 0.5) is 11.5 Å². The fourth-order valence-corrected chi connectivity index (χ4v) is 3.59. The molecule has 0 aliphatic rings. The molecule has 3 N–H and O–H groups in total. The molecule has 0 radical (unpaired) electrons. The number of aromatic nitrogens is 1. The van der Waals surface area contributed by atoms with Gasteiger partial charge in [-0.25, -0.2) is 13.4 Å². The van der Waals surface area contributed by atoms with Crippen molar-refractivity contribution < 1.29 is 8.42 Å². The van der Waals surface area contributed by atoms with Crippen molar-refractivity contribution in [2.75, 3.05) is 10.5 Å². The Morgan fingerprint density at radius 1 is 1.10 bits per heavy atom. The zero-order chi connectivity index (χ0) is 14.9. The molecule has 2 rings (SSSR count). The molecule has 106 valence electrons. The highest BCUT2D eigenvalue weighted by Gasteiger charge is 2.20. The van der Waals surface area contributed by atoms with Crippen LogP contribution in [0.5, 0.6) is 0 Å². The molecular formula is C14H17N3O2S. The summed E-state index contributed by atoms with van der Waals surface area (Å²) in [5.74, 6) is 0.297. The fraction of sp³-hybridized carbons (Fsp3) is 0.214. The lowest BCUT2D eigenvalue weighted by Gasteiger charge is -2.13. The summed E-state index contributed by atoms with van der Waals surface area (Å²) in [5, 5.41) is 0. The molecule has 0 unspecified atom stereocenters. The monoisotopic (exact) mass is 291 g/mol. The maximum atomic E-state index is 12.4. The lowest BCUT2D eigenvalue weighted by Crippen LogP contribution is -2.16. The number of pyridine rings is 1. The van der Waals surface area contributed by atoms with Crippen molar-refractivity contribution in [3.63, 3.8) is 0 Å². The minimum Gasteiger partial charge on any atom is -0.399 e. The van der Waals surface area contributed by atoms with E-state index in [9.17, 15) is 8.42 Å². The summed E-state index contributed by atoms with van der Waals surface area (Å²) >= 11 is 0. The first kappa shape index (κ1) is 14.3. The Hall–Kier alpha value is -2.08. The number of aryl methyl sites for hydroxylation is 3. The highest BCUT2D eigenvalue weighted by atomic mass is 32.2. The van der Waals surface area contributed by atoms with Crippen molar-refractivity contribution in [3.8, 4) is 0 Å². The van der Waals surface area contributed by atoms with Crippen LogP contribution in [0, 0.1) is 20.8 Å². The van der Waals surface area contributed by atoms with E-state index in [1.54, 1.807) is 44.3 Å². The van der Waals surface area contributed by atoms with E-state index in [4.69, 9.17) is 5.73 Å². The first-order valence-corrected chi connectivity index (χ1v) is 7.60. The lowest BCUT2D eigenvalue weighted by atomic mass is 10.1. The second-order valence-electron chi connectivity index (χ2n) is 4.81. The SMILES string of the molecule is Cc1ccc(NS(=O)(=O)c2c(C)cc(N)cc2C)nc1. The van der Waals surface area contributed by atoms with Gasteiger partial charge in [-0.05, 0) is 55.7 Å². The number of nitrogens with zero attached hydrogens (tertiary/aromatic N) is 1. The van der Waals surface area contributed by atoms with E-state index in [2.05, 4.69) is 9.71 Å². The van der Waals surface area contributed by atoms with Gasteiger partial charge in [0.2, 0.25) is 0 Å². The van der Waals surface area contributed by atoms with Gasteiger partial charge < -0.3 is 5.73 Å². The molecule has 1 aromatic carbocycles. The number of hydrogen-bond acceptors (Lipinski definition) is 4. The summed E-state index contributed by atoms with van der Waals surface area (Å²) in [6.45, 7) is 5.33. The number of sulfonamides is 1. The Morgan fingerprint density at radius 3 is 2.20 bits per heavy atom. The van der Waals surface area contributed by atoms with E-state index in [1.165, 1.54) is 0 Å². The van der Waals surface area contributed by atoms with E-state index >= 15 is 0 Å². The molecule has 0 aliphatic carbocycles. The molecule has 0 spiro atoms. The Labute approximate surface area is 118 Å². The maximum Gasteiger partial charge on any atom is 0.263 e. The number of benzene rings is 1. The van der Waals surface area contributed by atoms with Crippen LogP contribution >= 0.6 is 0 Å². The lowest BCUT2D eigenvalue weighted by molar-refractivity contribution is 0.600. The van der Waals surface area contributed by atoms with Crippen LogP contribution in [0.3, 0.4) is 0 Å². The van der Waals surface area contributed by atoms with Gasteiger partial charge in [-0.3, -0.25) is 4.72 Å². The zero-order valence-electron chi connectivity index (χ0n) is 11.6. The molecule has 1 heterocycles. The Bertz CT molecular complexity index is 715. The number of nitrogens with one attached hydrogen (secondary N) is 1. The van der Waals surface area contributed by atoms with E-state index in [1.807, 2.05) is 6.92 Å². The first-order chi connectivity index (χ1) is 9.29. The van der Waals surface area contributed by atoms with E-state index in [-0.39, 0.29) is 4.90 Å². The summed E-state index contributed by atoms with van der Waals surface area (Å²) in [6, 6.07) is 6.72. The third kappa shape index (κ3) is 2.91. The number of anilines is 2. The highest BCUT2D eigenvalue weighted by Crippen LogP contribution is 2.24. The van der Waals surface area contributed by atoms with Crippen LogP contribution in [0.25, 0.3) is 0 Å². The van der Waals surface area contributed by atoms with Crippen molar-refractivity contribution >= 4 is 21.5 Å². The smallest absolute Gasteiger partial charge is 0.263 e. The third-order valence-corrected chi connectivity index (χ3v) is 4.56. The van der Waals surface area contributed by atoms with Gasteiger partial charge >= 0.3 is 0 Å². The summed E-state index contributed by atoms with van der Waals surface area (Å²) in [4.78, 5) is 4.30. The van der Waals surface area contributed by atoms with Crippen molar-refractivity contribution in [2.45, 2.75) is 25.7 Å². The second kappa shape index (κ2) is 5.13. The summed E-state index contributed by atoms with van der Waals surface area (Å²) in [5.41, 5.74) is 8.45. The van der Waals surface area contributed by atoms with Gasteiger partial charge in [0.1, 0.15) is 5.82 Å². The van der Waals surface area contributed by atoms with Gasteiger partial charge in [-0.15, -0.1) is 0 Å². The average molecular weight is 291 g/mol. The van der Waals surface area contributed by atoms with Gasteiger partial charge in [0.25, 0.3) is 10.0 Å². The van der Waals surface area contributed by atoms with Crippen LogP contribution in [-0.2, 0) is 10.0 Å². The number of hydrogen-bond donors (Lipinski definition) is 2. The predicted octanol–water partition coefficient (Wildman–Crippen LogP) is 2.39. The minimum absolute atomic E-state index is 0.245. The molecule has 6 heteroatoms. The molecule has 5 nitrogen and oxygen atoms in total. The van der Waals surface area contributed by atoms with Gasteiger partial charge in [0, 0.05) is 11.9 Å². The Kier molecular flexibility index (Phi) is 3.67. The van der Waals surface area contributed by atoms with Gasteiger partial charge in [0.05, 0.1) is 4.90 Å². The molecule has 1 aromatic heterocycles. The molecule has 0 atom stereocenters. The van der Waals surface area contributed by atoms with E-state index in [0.717, 1.165) is 5.56 Å². The fourth-order valence-electron chi connectivity index (χ4n) is 2.12. The van der Waals surface area contributed by atoms with Crippen molar-refractivity contribution in [1.29, 1.82) is 0 Å². The van der Waals surface area contributed by atoms with E-state index < -0.39 is 10.0 Å². The molecule has 0 amide bonds. The van der Waals surface area contributed by atoms with Gasteiger partial charge in [-0.1, -0.05) is 6.07 Å². The quantitative estimate of drug-likeness (QED) is 0.850. The maximum absolute atomic E-state index is 12.4. The largest absolute Gasteiger partial charge is 0.399 e. The minimum atomic E-state index is -3.67. The zero-order valence-corrected chi connectivity index (χ0v) is 12.5. The average Bonchev–Trinajstić information content (AvgIpc) is 2.30. The van der Waals surface area contributed by atoms with Crippen LogP contribution < -0.4 is 10.5 Å². The Morgan fingerprint density at radius 2 is 1.70 bits per heavy atom. The van der Waals surface area contributed by atoms with Crippen LogP contribution in [0.15, 0.2) is 35.4 Å². The number of nitrogen functional groups attached to an aromatic ring is 1. The molecule has 0 aliphatic heterocycles. The predicted molar refractivity (Wildman–Crippen MR) is 80.1 cm³/mol. The molecular weight excluding hydrogens is 274 g/mol. The molecule has 2 aromatic rings. The van der Waals surface area contributed by atoms with Gasteiger partial charge in [0.15, 0.2) is 0 Å². The molecule has 0 bridgehead atoms. The van der Waals surface area contributed by atoms with Crippen LogP contribution in [-0.4, -0.2) is 13.4 Å². The van der Waals surface area contributed by atoms with Crippen LogP contribution in [0.1, 0.15) is 16.7 Å². The van der Waals surface area contributed by atoms with Crippen LogP contribution in [0.2, 0.25) is 0 Å². The first-order valence-electron chi connectivity index (χ1n) is 6.12. The molecule has 0 saturated heterocycles. The summed E-state index contributed by atoms with van der Waals surface area (Å²) in [7, 11) is -3.67. The van der Waals surface area contributed by atoms with Crippen molar-refractivity contribution in [2.24, 2.45) is 0 Å². The number of rotatable bonds is 3. The normalized spacial score (nSPS) is 11.3.